The van der Waals surface area contributed by atoms with Crippen molar-refractivity contribution in [3.05, 3.63) is 47.7 Å². The Morgan fingerprint density at radius 1 is 1.14 bits per heavy atom. The minimum atomic E-state index is -0.197. The molecule has 6 nitrogen and oxygen atoms in total. The number of fused-ring (bicyclic) bond motifs is 2. The van der Waals surface area contributed by atoms with Gasteiger partial charge in [0.15, 0.2) is 0 Å². The Morgan fingerprint density at radius 2 is 2.05 bits per heavy atom. The van der Waals surface area contributed by atoms with E-state index in [4.69, 9.17) is 4.74 Å². The molecule has 21 heavy (non-hydrogen) atoms. The number of rotatable bonds is 1. The van der Waals surface area contributed by atoms with Crippen LogP contribution >= 0.6 is 0 Å². The first kappa shape index (κ1) is 12.0. The van der Waals surface area contributed by atoms with Crippen molar-refractivity contribution in [2.45, 2.75) is 19.3 Å². The lowest BCUT2D eigenvalue weighted by molar-refractivity contribution is 0.402. The molecule has 1 aliphatic heterocycles. The van der Waals surface area contributed by atoms with Crippen molar-refractivity contribution in [1.29, 1.82) is 0 Å². The number of pyridine rings is 1. The van der Waals surface area contributed by atoms with E-state index in [1.807, 2.05) is 24.3 Å². The van der Waals surface area contributed by atoms with Crippen LogP contribution in [0.4, 0.5) is 0 Å². The smallest absolute Gasteiger partial charge is 0.223 e. The Kier molecular flexibility index (Phi) is 2.35. The van der Waals surface area contributed by atoms with Crippen LogP contribution in [0, 0.1) is 0 Å². The Labute approximate surface area is 121 Å². The molecule has 104 valence electrons. The van der Waals surface area contributed by atoms with Crippen LogP contribution in [0.1, 0.15) is 25.0 Å². The minimum absolute atomic E-state index is 0.197. The van der Waals surface area contributed by atoms with Crippen LogP contribution in [-0.4, -0.2) is 25.6 Å². The normalized spacial score (nSPS) is 15.0. The van der Waals surface area contributed by atoms with Gasteiger partial charge >= 0.3 is 0 Å². The Bertz CT molecular complexity index is 811. The fourth-order valence-corrected chi connectivity index (χ4v) is 2.73. The van der Waals surface area contributed by atoms with Crippen molar-refractivity contribution in [2.75, 3.05) is 0 Å². The molecule has 0 unspecified atom stereocenters. The van der Waals surface area contributed by atoms with Crippen LogP contribution in [0.25, 0.3) is 11.4 Å². The van der Waals surface area contributed by atoms with E-state index in [0.717, 1.165) is 22.4 Å². The van der Waals surface area contributed by atoms with Crippen LogP contribution in [0.5, 0.6) is 11.6 Å². The van der Waals surface area contributed by atoms with Crippen LogP contribution in [-0.2, 0) is 5.41 Å². The molecule has 1 aromatic carbocycles. The summed E-state index contributed by atoms with van der Waals surface area (Å²) in [5, 5.41) is 14.1. The average molecular weight is 279 g/mol. The molecule has 2 aromatic heterocycles. The fourth-order valence-electron chi connectivity index (χ4n) is 2.73. The SMILES string of the molecule is CC1(C)c2cc(-c3nn[nH]n3)ccc2Oc2ncccc21. The number of aromatic amines is 1. The maximum atomic E-state index is 5.91. The molecular formula is C15H13N5O. The molecule has 0 aliphatic carbocycles. The van der Waals surface area contributed by atoms with E-state index in [1.54, 1.807) is 6.20 Å². The summed E-state index contributed by atoms with van der Waals surface area (Å²) < 4.78 is 5.91. The third kappa shape index (κ3) is 1.72. The molecular weight excluding hydrogens is 266 g/mol. The van der Waals surface area contributed by atoms with E-state index < -0.39 is 0 Å². The van der Waals surface area contributed by atoms with Gasteiger partial charge in [-0.2, -0.15) is 5.21 Å². The largest absolute Gasteiger partial charge is 0.438 e. The highest BCUT2D eigenvalue weighted by Gasteiger charge is 2.35. The van der Waals surface area contributed by atoms with E-state index >= 15 is 0 Å². The predicted octanol–water partition coefficient (Wildman–Crippen LogP) is 2.69. The molecule has 1 N–H and O–H groups in total. The van der Waals surface area contributed by atoms with Gasteiger partial charge in [-0.25, -0.2) is 4.98 Å². The zero-order chi connectivity index (χ0) is 14.4. The Balaban J connectivity index is 1.90. The van der Waals surface area contributed by atoms with Gasteiger partial charge in [0, 0.05) is 28.3 Å². The summed E-state index contributed by atoms with van der Waals surface area (Å²) >= 11 is 0. The van der Waals surface area contributed by atoms with Gasteiger partial charge in [0.1, 0.15) is 5.75 Å². The van der Waals surface area contributed by atoms with E-state index in [0.29, 0.717) is 11.7 Å². The number of tetrazole rings is 1. The molecule has 0 radical (unpaired) electrons. The van der Waals surface area contributed by atoms with Crippen LogP contribution in [0.3, 0.4) is 0 Å². The first-order valence-corrected chi connectivity index (χ1v) is 6.68. The summed E-state index contributed by atoms with van der Waals surface area (Å²) in [6.45, 7) is 4.32. The summed E-state index contributed by atoms with van der Waals surface area (Å²) in [4.78, 5) is 4.32. The monoisotopic (exact) mass is 279 g/mol. The van der Waals surface area contributed by atoms with Crippen molar-refractivity contribution < 1.29 is 4.74 Å². The van der Waals surface area contributed by atoms with Gasteiger partial charge in [0.2, 0.25) is 11.7 Å². The predicted molar refractivity (Wildman–Crippen MR) is 76.1 cm³/mol. The molecule has 3 heterocycles. The van der Waals surface area contributed by atoms with Crippen molar-refractivity contribution in [3.8, 4) is 23.0 Å². The number of nitrogens with one attached hydrogen (secondary N) is 1. The molecule has 0 bridgehead atoms. The average Bonchev–Trinajstić information content (AvgIpc) is 3.01. The second-order valence-corrected chi connectivity index (χ2v) is 5.53. The number of nitrogens with zero attached hydrogens (tertiary/aromatic N) is 4. The molecule has 0 spiro atoms. The maximum Gasteiger partial charge on any atom is 0.223 e. The zero-order valence-corrected chi connectivity index (χ0v) is 11.7. The summed E-state index contributed by atoms with van der Waals surface area (Å²) in [7, 11) is 0. The van der Waals surface area contributed by atoms with Crippen LogP contribution in [0.2, 0.25) is 0 Å². The lowest BCUT2D eigenvalue weighted by Gasteiger charge is -2.33. The molecule has 0 fully saturated rings. The van der Waals surface area contributed by atoms with Gasteiger partial charge in [-0.05, 0) is 29.5 Å². The Morgan fingerprint density at radius 3 is 2.86 bits per heavy atom. The molecule has 0 amide bonds. The number of aromatic nitrogens is 5. The summed E-state index contributed by atoms with van der Waals surface area (Å²) in [5.41, 5.74) is 2.87. The topological polar surface area (TPSA) is 76.6 Å². The first-order valence-electron chi connectivity index (χ1n) is 6.68. The van der Waals surface area contributed by atoms with Crippen molar-refractivity contribution in [1.82, 2.24) is 25.6 Å². The van der Waals surface area contributed by atoms with Gasteiger partial charge < -0.3 is 4.74 Å². The second kappa shape index (κ2) is 4.12. The maximum absolute atomic E-state index is 5.91. The minimum Gasteiger partial charge on any atom is -0.438 e. The highest BCUT2D eigenvalue weighted by molar-refractivity contribution is 5.63. The number of ether oxygens (including phenoxy) is 1. The van der Waals surface area contributed by atoms with Gasteiger partial charge in [-0.1, -0.05) is 19.9 Å². The summed E-state index contributed by atoms with van der Waals surface area (Å²) in [6.07, 6.45) is 1.74. The zero-order valence-electron chi connectivity index (χ0n) is 11.7. The number of hydrogen-bond acceptors (Lipinski definition) is 5. The number of benzene rings is 1. The van der Waals surface area contributed by atoms with E-state index in [1.165, 1.54) is 0 Å². The van der Waals surface area contributed by atoms with E-state index in [-0.39, 0.29) is 5.41 Å². The number of hydrogen-bond donors (Lipinski definition) is 1. The van der Waals surface area contributed by atoms with Crippen LogP contribution < -0.4 is 4.74 Å². The third-order valence-electron chi connectivity index (χ3n) is 3.91. The van der Waals surface area contributed by atoms with Gasteiger partial charge in [0.05, 0.1) is 0 Å². The Hall–Kier alpha value is -2.76. The van der Waals surface area contributed by atoms with Crippen molar-refractivity contribution in [2.24, 2.45) is 0 Å². The van der Waals surface area contributed by atoms with Gasteiger partial charge in [-0.15, -0.1) is 10.2 Å². The fraction of sp³-hybridized carbons (Fsp3) is 0.200. The summed E-state index contributed by atoms with van der Waals surface area (Å²) in [6, 6.07) is 9.88. The van der Waals surface area contributed by atoms with Crippen molar-refractivity contribution in [3.63, 3.8) is 0 Å². The lowest BCUT2D eigenvalue weighted by Crippen LogP contribution is -2.24. The van der Waals surface area contributed by atoms with Gasteiger partial charge in [0.25, 0.3) is 0 Å². The van der Waals surface area contributed by atoms with Crippen molar-refractivity contribution >= 4 is 0 Å². The number of H-pyrrole nitrogens is 1. The molecule has 0 saturated carbocycles. The molecule has 3 aromatic rings. The quantitative estimate of drug-likeness (QED) is 0.741. The molecule has 0 atom stereocenters. The second-order valence-electron chi connectivity index (χ2n) is 5.53. The van der Waals surface area contributed by atoms with E-state index in [9.17, 15) is 0 Å². The molecule has 1 aliphatic rings. The van der Waals surface area contributed by atoms with Crippen LogP contribution in [0.15, 0.2) is 36.5 Å². The highest BCUT2D eigenvalue weighted by Crippen LogP contribution is 2.47. The standard InChI is InChI=1S/C15H13N5O/c1-15(2)10-4-3-7-16-14(10)21-12-6-5-9(8-11(12)15)13-17-19-20-18-13/h3-8H,1-2H3,(H,17,18,19,20). The van der Waals surface area contributed by atoms with E-state index in [2.05, 4.69) is 45.5 Å². The summed E-state index contributed by atoms with van der Waals surface area (Å²) in [5.74, 6) is 2.06. The molecule has 0 saturated heterocycles. The third-order valence-corrected chi connectivity index (χ3v) is 3.91. The highest BCUT2D eigenvalue weighted by atomic mass is 16.5. The molecule has 6 heteroatoms. The molecule has 4 rings (SSSR count). The van der Waals surface area contributed by atoms with Gasteiger partial charge in [-0.3, -0.25) is 0 Å². The lowest BCUT2D eigenvalue weighted by atomic mass is 9.76. The first-order chi connectivity index (χ1) is 10.2.